The highest BCUT2D eigenvalue weighted by molar-refractivity contribution is 7.80. The quantitative estimate of drug-likeness (QED) is 0.370. The molecule has 3 aromatic rings. The molecule has 8 heteroatoms. The first kappa shape index (κ1) is 19.5. The summed E-state index contributed by atoms with van der Waals surface area (Å²) in [6.45, 7) is 1.77. The fourth-order valence-electron chi connectivity index (χ4n) is 3.64. The van der Waals surface area contributed by atoms with Crippen LogP contribution >= 0.6 is 12.2 Å². The number of nitrogens with zero attached hydrogens (tertiary/aromatic N) is 4. The number of hydrazone groups is 1. The topological polar surface area (TPSA) is 90.4 Å². The van der Waals surface area contributed by atoms with Crippen molar-refractivity contribution in [1.82, 2.24) is 20.0 Å². The van der Waals surface area contributed by atoms with Gasteiger partial charge in [0, 0.05) is 31.2 Å². The lowest BCUT2D eigenvalue weighted by Gasteiger charge is -2.11. The van der Waals surface area contributed by atoms with E-state index in [1.54, 1.807) is 18.7 Å². The summed E-state index contributed by atoms with van der Waals surface area (Å²) in [6, 6.07) is 8.45. The first-order valence-corrected chi connectivity index (χ1v) is 10.1. The lowest BCUT2D eigenvalue weighted by molar-refractivity contribution is 0.184. The second-order valence-electron chi connectivity index (χ2n) is 7.34. The van der Waals surface area contributed by atoms with Crippen LogP contribution in [0.1, 0.15) is 24.0 Å². The summed E-state index contributed by atoms with van der Waals surface area (Å²) in [6.07, 6.45) is 8.62. The third-order valence-electron chi connectivity index (χ3n) is 5.23. The summed E-state index contributed by atoms with van der Waals surface area (Å²) in [4.78, 5) is 9.05. The van der Waals surface area contributed by atoms with Crippen molar-refractivity contribution in [3.05, 3.63) is 47.9 Å². The van der Waals surface area contributed by atoms with Crippen LogP contribution in [0.3, 0.4) is 0 Å². The number of pyridine rings is 1. The second-order valence-corrected chi connectivity index (χ2v) is 7.78. The van der Waals surface area contributed by atoms with Gasteiger partial charge in [0.05, 0.1) is 35.6 Å². The van der Waals surface area contributed by atoms with E-state index >= 15 is 0 Å². The largest absolute Gasteiger partial charge is 0.381 e. The lowest BCUT2D eigenvalue weighted by Crippen LogP contribution is -2.24. The Bertz CT molecular complexity index is 1050. The van der Waals surface area contributed by atoms with Crippen molar-refractivity contribution >= 4 is 34.4 Å². The van der Waals surface area contributed by atoms with Crippen molar-refractivity contribution in [2.75, 3.05) is 13.2 Å². The maximum absolute atomic E-state index is 5.49. The summed E-state index contributed by atoms with van der Waals surface area (Å²) in [5.41, 5.74) is 13.0. The number of aryl methyl sites for hydroxylation is 2. The molecule has 0 saturated carbocycles. The van der Waals surface area contributed by atoms with Crippen molar-refractivity contribution < 1.29 is 4.74 Å². The third-order valence-corrected chi connectivity index (χ3v) is 5.32. The van der Waals surface area contributed by atoms with Crippen LogP contribution in [-0.2, 0) is 18.2 Å². The van der Waals surface area contributed by atoms with E-state index in [-0.39, 0.29) is 5.11 Å². The normalized spacial score (nSPS) is 16.7. The first-order valence-electron chi connectivity index (χ1n) is 9.67. The average Bonchev–Trinajstić information content (AvgIpc) is 3.37. The zero-order chi connectivity index (χ0) is 20.2. The van der Waals surface area contributed by atoms with E-state index in [4.69, 9.17) is 27.7 Å². The highest BCUT2D eigenvalue weighted by Crippen LogP contribution is 2.26. The van der Waals surface area contributed by atoms with Gasteiger partial charge in [0.1, 0.15) is 0 Å². The van der Waals surface area contributed by atoms with Crippen LogP contribution in [0.15, 0.2) is 41.9 Å². The Morgan fingerprint density at radius 1 is 1.45 bits per heavy atom. The monoisotopic (exact) mass is 408 g/mol. The van der Waals surface area contributed by atoms with E-state index in [1.807, 2.05) is 17.7 Å². The zero-order valence-corrected chi connectivity index (χ0v) is 17.2. The molecule has 0 spiro atoms. The summed E-state index contributed by atoms with van der Waals surface area (Å²) in [7, 11) is 1.95. The molecule has 150 valence electrons. The summed E-state index contributed by atoms with van der Waals surface area (Å²) in [5.74, 6) is 0.659. The number of fused-ring (bicyclic) bond motifs is 1. The van der Waals surface area contributed by atoms with Crippen LogP contribution < -0.4 is 11.2 Å². The lowest BCUT2D eigenvalue weighted by atomic mass is 9.97. The number of hydrogen-bond donors (Lipinski definition) is 2. The van der Waals surface area contributed by atoms with Gasteiger partial charge in [-0.25, -0.2) is 9.97 Å². The minimum atomic E-state index is 0.131. The predicted octanol–water partition coefficient (Wildman–Crippen LogP) is 2.77. The maximum atomic E-state index is 5.49. The van der Waals surface area contributed by atoms with E-state index in [0.29, 0.717) is 5.92 Å². The molecule has 1 saturated heterocycles. The molecule has 1 aromatic carbocycles. The maximum Gasteiger partial charge on any atom is 0.184 e. The van der Waals surface area contributed by atoms with Crippen molar-refractivity contribution in [2.24, 2.45) is 23.8 Å². The zero-order valence-electron chi connectivity index (χ0n) is 16.3. The van der Waals surface area contributed by atoms with Crippen molar-refractivity contribution in [3.8, 4) is 11.4 Å². The van der Waals surface area contributed by atoms with Gasteiger partial charge in [0.2, 0.25) is 0 Å². The van der Waals surface area contributed by atoms with E-state index in [1.165, 1.54) is 5.56 Å². The van der Waals surface area contributed by atoms with Crippen molar-refractivity contribution in [3.63, 3.8) is 0 Å². The first-order chi connectivity index (χ1) is 14.1. The van der Waals surface area contributed by atoms with E-state index < -0.39 is 0 Å². The predicted molar refractivity (Wildman–Crippen MR) is 119 cm³/mol. The van der Waals surface area contributed by atoms with Crippen molar-refractivity contribution in [1.29, 1.82) is 0 Å². The SMILES string of the molecule is Cn1cncc1-c1cc(C=NNC(N)=S)c2cc(CCC3CCOC3)ccc2n1. The second kappa shape index (κ2) is 8.67. The minimum Gasteiger partial charge on any atom is -0.381 e. The summed E-state index contributed by atoms with van der Waals surface area (Å²) >= 11 is 4.84. The van der Waals surface area contributed by atoms with Crippen LogP contribution in [0.5, 0.6) is 0 Å². The molecule has 0 amide bonds. The fourth-order valence-corrected chi connectivity index (χ4v) is 3.70. The van der Waals surface area contributed by atoms with Gasteiger partial charge in [-0.2, -0.15) is 5.10 Å². The van der Waals surface area contributed by atoms with E-state index in [9.17, 15) is 0 Å². The molecule has 1 atom stereocenters. The molecule has 1 fully saturated rings. The molecule has 4 rings (SSSR count). The number of thiocarbonyl (C=S) groups is 1. The Morgan fingerprint density at radius 3 is 3.07 bits per heavy atom. The highest BCUT2D eigenvalue weighted by Gasteiger charge is 2.16. The van der Waals surface area contributed by atoms with E-state index in [2.05, 4.69) is 33.7 Å². The standard InChI is InChI=1S/C21H24N6OS/c1-27-13-23-11-20(27)19-9-16(10-24-26-21(22)29)17-8-14(4-5-18(17)25-19)2-3-15-6-7-28-12-15/h4-5,8-11,13,15H,2-3,6-7,12H2,1H3,(H3,22,26,29). The van der Waals surface area contributed by atoms with Gasteiger partial charge >= 0.3 is 0 Å². The number of nitrogens with two attached hydrogens (primary N) is 1. The highest BCUT2D eigenvalue weighted by atomic mass is 32.1. The molecule has 7 nitrogen and oxygen atoms in total. The smallest absolute Gasteiger partial charge is 0.184 e. The Labute approximate surface area is 175 Å². The molecule has 1 aliphatic heterocycles. The Hall–Kier alpha value is -2.84. The van der Waals surface area contributed by atoms with Crippen LogP contribution in [0, 0.1) is 5.92 Å². The van der Waals surface area contributed by atoms with Crippen LogP contribution in [0.2, 0.25) is 0 Å². The Morgan fingerprint density at radius 2 is 2.34 bits per heavy atom. The fraction of sp³-hybridized carbons (Fsp3) is 0.333. The summed E-state index contributed by atoms with van der Waals surface area (Å²) < 4.78 is 7.44. The molecule has 3 heterocycles. The van der Waals surface area contributed by atoms with Crippen LogP contribution in [0.25, 0.3) is 22.3 Å². The van der Waals surface area contributed by atoms with Gasteiger partial charge in [-0.3, -0.25) is 5.43 Å². The molecule has 0 aliphatic carbocycles. The summed E-state index contributed by atoms with van der Waals surface area (Å²) in [5, 5.41) is 5.34. The van der Waals surface area contributed by atoms with Gasteiger partial charge < -0.3 is 15.0 Å². The van der Waals surface area contributed by atoms with Gasteiger partial charge in [-0.05, 0) is 61.2 Å². The number of benzene rings is 1. The van der Waals surface area contributed by atoms with Gasteiger partial charge in [-0.1, -0.05) is 6.07 Å². The van der Waals surface area contributed by atoms with Crippen molar-refractivity contribution in [2.45, 2.75) is 19.3 Å². The molecular weight excluding hydrogens is 384 g/mol. The molecule has 2 aromatic heterocycles. The molecule has 29 heavy (non-hydrogen) atoms. The molecule has 3 N–H and O–H groups in total. The number of imidazole rings is 1. The van der Waals surface area contributed by atoms with Gasteiger partial charge in [-0.15, -0.1) is 0 Å². The van der Waals surface area contributed by atoms with Crippen LogP contribution in [-0.4, -0.2) is 39.1 Å². The Kier molecular flexibility index (Phi) is 5.82. The molecule has 1 unspecified atom stereocenters. The van der Waals surface area contributed by atoms with E-state index in [0.717, 1.165) is 60.3 Å². The number of ether oxygens (including phenoxy) is 1. The minimum absolute atomic E-state index is 0.131. The number of nitrogens with one attached hydrogen (secondary N) is 1. The molecular formula is C21H24N6OS. The molecule has 0 bridgehead atoms. The Balaban J connectivity index is 1.70. The third kappa shape index (κ3) is 4.60. The van der Waals surface area contributed by atoms with Gasteiger partial charge in [0.15, 0.2) is 5.11 Å². The molecule has 1 aliphatic rings. The number of aromatic nitrogens is 3. The molecule has 0 radical (unpaired) electrons. The van der Waals surface area contributed by atoms with Gasteiger partial charge in [0.25, 0.3) is 0 Å². The number of hydrogen-bond acceptors (Lipinski definition) is 5. The number of rotatable bonds is 6. The van der Waals surface area contributed by atoms with Crippen LogP contribution in [0.4, 0.5) is 0 Å². The average molecular weight is 409 g/mol.